The molecule has 0 aliphatic carbocycles. The average molecular weight is 361 g/mol. The number of hydrogen-bond donors (Lipinski definition) is 1. The summed E-state index contributed by atoms with van der Waals surface area (Å²) in [4.78, 5) is 21.2. The molecular weight excluding hydrogens is 340 g/mol. The van der Waals surface area contributed by atoms with Crippen LogP contribution in [0.15, 0.2) is 30.3 Å². The fourth-order valence-corrected chi connectivity index (χ4v) is 1.35. The predicted molar refractivity (Wildman–Crippen MR) is 83.4 cm³/mol. The molecule has 0 bridgehead atoms. The SMILES string of the molecule is COC(C)CBr.O=C(O)CCC(=O)OCc1ccccc1. The van der Waals surface area contributed by atoms with Crippen LogP contribution in [0.2, 0.25) is 0 Å². The van der Waals surface area contributed by atoms with Crippen LogP contribution in [0.3, 0.4) is 0 Å². The lowest BCUT2D eigenvalue weighted by Crippen LogP contribution is -2.07. The van der Waals surface area contributed by atoms with Crippen LogP contribution in [-0.2, 0) is 25.7 Å². The molecule has 0 fully saturated rings. The van der Waals surface area contributed by atoms with E-state index < -0.39 is 11.9 Å². The Morgan fingerprint density at radius 3 is 2.29 bits per heavy atom. The summed E-state index contributed by atoms with van der Waals surface area (Å²) in [6.07, 6.45) is 0.0838. The first kappa shape index (κ1) is 19.6. The Kier molecular flexibility index (Phi) is 11.5. The number of aliphatic carboxylic acids is 1. The summed E-state index contributed by atoms with van der Waals surface area (Å²) in [7, 11) is 1.70. The molecule has 1 atom stereocenters. The Morgan fingerprint density at radius 2 is 1.86 bits per heavy atom. The van der Waals surface area contributed by atoms with Gasteiger partial charge in [0.2, 0.25) is 0 Å². The summed E-state index contributed by atoms with van der Waals surface area (Å²) in [5.41, 5.74) is 0.890. The van der Waals surface area contributed by atoms with Crippen LogP contribution in [0.4, 0.5) is 0 Å². The van der Waals surface area contributed by atoms with Gasteiger partial charge in [-0.25, -0.2) is 0 Å². The van der Waals surface area contributed by atoms with Crippen molar-refractivity contribution in [1.29, 1.82) is 0 Å². The quantitative estimate of drug-likeness (QED) is 0.597. The molecule has 0 saturated heterocycles. The smallest absolute Gasteiger partial charge is 0.306 e. The van der Waals surface area contributed by atoms with Gasteiger partial charge >= 0.3 is 11.9 Å². The van der Waals surface area contributed by atoms with Crippen molar-refractivity contribution in [1.82, 2.24) is 0 Å². The molecule has 0 amide bonds. The fourth-order valence-electron chi connectivity index (χ4n) is 1.08. The number of halogens is 1. The molecule has 0 saturated carbocycles. The van der Waals surface area contributed by atoms with E-state index in [4.69, 9.17) is 14.6 Å². The fraction of sp³-hybridized carbons (Fsp3) is 0.467. The molecule has 0 aliphatic rings. The van der Waals surface area contributed by atoms with E-state index in [1.54, 1.807) is 7.11 Å². The number of esters is 1. The summed E-state index contributed by atoms with van der Waals surface area (Å²) >= 11 is 3.25. The van der Waals surface area contributed by atoms with Gasteiger partial charge in [-0.15, -0.1) is 0 Å². The van der Waals surface area contributed by atoms with Crippen LogP contribution in [0.5, 0.6) is 0 Å². The van der Waals surface area contributed by atoms with Crippen molar-refractivity contribution >= 4 is 27.9 Å². The highest BCUT2D eigenvalue weighted by atomic mass is 79.9. The third kappa shape index (κ3) is 12.1. The number of ether oxygens (including phenoxy) is 2. The first-order valence-corrected chi connectivity index (χ1v) is 7.61. The lowest BCUT2D eigenvalue weighted by atomic mass is 10.2. The number of alkyl halides is 1. The van der Waals surface area contributed by atoms with Crippen molar-refractivity contribution in [3.05, 3.63) is 35.9 Å². The zero-order valence-corrected chi connectivity index (χ0v) is 13.8. The maximum absolute atomic E-state index is 11.0. The molecule has 1 unspecified atom stereocenters. The van der Waals surface area contributed by atoms with Gasteiger partial charge in [-0.2, -0.15) is 0 Å². The highest BCUT2D eigenvalue weighted by Gasteiger charge is 2.06. The van der Waals surface area contributed by atoms with E-state index in [1.165, 1.54) is 0 Å². The van der Waals surface area contributed by atoms with E-state index >= 15 is 0 Å². The minimum absolute atomic E-state index is 0.0812. The van der Waals surface area contributed by atoms with Gasteiger partial charge in [0, 0.05) is 12.4 Å². The maximum atomic E-state index is 11.0. The van der Waals surface area contributed by atoms with E-state index in [2.05, 4.69) is 15.9 Å². The third-order valence-corrected chi connectivity index (χ3v) is 3.32. The van der Waals surface area contributed by atoms with Crippen LogP contribution in [0, 0.1) is 0 Å². The second-order valence-electron chi connectivity index (χ2n) is 4.24. The lowest BCUT2D eigenvalue weighted by Gasteiger charge is -2.03. The standard InChI is InChI=1S/C11H12O4.C4H9BrO/c12-10(13)6-7-11(14)15-8-9-4-2-1-3-5-9;1-4(3-5)6-2/h1-5H,6-8H2,(H,12,13);4H,3H2,1-2H3. The predicted octanol–water partition coefficient (Wildman–Crippen LogP) is 3.01. The van der Waals surface area contributed by atoms with Gasteiger partial charge in [0.1, 0.15) is 6.61 Å². The van der Waals surface area contributed by atoms with Crippen LogP contribution in [-0.4, -0.2) is 35.6 Å². The topological polar surface area (TPSA) is 72.8 Å². The van der Waals surface area contributed by atoms with Gasteiger partial charge in [0.25, 0.3) is 0 Å². The number of carboxylic acid groups (broad SMARTS) is 1. The molecule has 0 aliphatic heterocycles. The van der Waals surface area contributed by atoms with Crippen molar-refractivity contribution in [3.8, 4) is 0 Å². The maximum Gasteiger partial charge on any atom is 0.306 e. The molecule has 1 N–H and O–H groups in total. The second-order valence-corrected chi connectivity index (χ2v) is 4.89. The third-order valence-electron chi connectivity index (χ3n) is 2.41. The number of rotatable bonds is 7. The minimum Gasteiger partial charge on any atom is -0.481 e. The van der Waals surface area contributed by atoms with E-state index in [0.717, 1.165) is 10.9 Å². The summed E-state index contributed by atoms with van der Waals surface area (Å²) < 4.78 is 9.73. The van der Waals surface area contributed by atoms with Gasteiger partial charge in [-0.05, 0) is 12.5 Å². The van der Waals surface area contributed by atoms with Gasteiger partial charge in [-0.1, -0.05) is 46.3 Å². The van der Waals surface area contributed by atoms with Gasteiger partial charge < -0.3 is 14.6 Å². The molecule has 6 heteroatoms. The summed E-state index contributed by atoms with van der Waals surface area (Å²) in [5, 5.41) is 9.26. The Hall–Kier alpha value is -1.40. The number of carboxylic acids is 1. The van der Waals surface area contributed by atoms with Crippen molar-refractivity contribution in [2.24, 2.45) is 0 Å². The average Bonchev–Trinajstić information content (AvgIpc) is 2.51. The zero-order valence-electron chi connectivity index (χ0n) is 12.3. The molecule has 1 rings (SSSR count). The Morgan fingerprint density at radius 1 is 1.24 bits per heavy atom. The second kappa shape index (κ2) is 12.3. The van der Waals surface area contributed by atoms with Crippen molar-refractivity contribution in [2.75, 3.05) is 12.4 Å². The minimum atomic E-state index is -0.994. The van der Waals surface area contributed by atoms with Crippen LogP contribution < -0.4 is 0 Å². The van der Waals surface area contributed by atoms with Crippen molar-refractivity contribution in [2.45, 2.75) is 32.5 Å². The molecule has 118 valence electrons. The Bertz CT molecular complexity index is 404. The van der Waals surface area contributed by atoms with E-state index in [1.807, 2.05) is 37.3 Å². The number of benzene rings is 1. The highest BCUT2D eigenvalue weighted by molar-refractivity contribution is 9.09. The number of methoxy groups -OCH3 is 1. The van der Waals surface area contributed by atoms with Crippen LogP contribution in [0.25, 0.3) is 0 Å². The first-order chi connectivity index (χ1) is 9.99. The first-order valence-electron chi connectivity index (χ1n) is 6.49. The molecular formula is C15H21BrO5. The lowest BCUT2D eigenvalue weighted by molar-refractivity contribution is -0.148. The zero-order chi connectivity index (χ0) is 16.1. The summed E-state index contributed by atoms with van der Waals surface area (Å²) in [6, 6.07) is 9.24. The summed E-state index contributed by atoms with van der Waals surface area (Å²) in [6.45, 7) is 2.20. The highest BCUT2D eigenvalue weighted by Crippen LogP contribution is 2.02. The Balaban J connectivity index is 0.000000567. The van der Waals surface area contributed by atoms with Crippen LogP contribution >= 0.6 is 15.9 Å². The Labute approximate surface area is 133 Å². The molecule has 1 aromatic rings. The summed E-state index contributed by atoms with van der Waals surface area (Å²) in [5.74, 6) is -1.48. The number of hydrogen-bond acceptors (Lipinski definition) is 4. The van der Waals surface area contributed by atoms with Crippen LogP contribution in [0.1, 0.15) is 25.3 Å². The number of carbonyl (C=O) groups is 2. The molecule has 21 heavy (non-hydrogen) atoms. The van der Waals surface area contributed by atoms with Gasteiger partial charge in [0.15, 0.2) is 0 Å². The number of carbonyl (C=O) groups excluding carboxylic acids is 1. The molecule has 0 radical (unpaired) electrons. The van der Waals surface area contributed by atoms with Gasteiger partial charge in [0.05, 0.1) is 18.9 Å². The van der Waals surface area contributed by atoms with E-state index in [0.29, 0.717) is 6.10 Å². The van der Waals surface area contributed by atoms with Crippen molar-refractivity contribution in [3.63, 3.8) is 0 Å². The molecule has 5 nitrogen and oxygen atoms in total. The monoisotopic (exact) mass is 360 g/mol. The van der Waals surface area contributed by atoms with Gasteiger partial charge in [-0.3, -0.25) is 9.59 Å². The molecule has 1 aromatic carbocycles. The molecule has 0 spiro atoms. The van der Waals surface area contributed by atoms with E-state index in [-0.39, 0.29) is 19.4 Å². The molecule has 0 aromatic heterocycles. The van der Waals surface area contributed by atoms with Crippen molar-refractivity contribution < 1.29 is 24.2 Å². The molecule has 0 heterocycles. The van der Waals surface area contributed by atoms with E-state index in [9.17, 15) is 9.59 Å². The normalized spacial score (nSPS) is 11.0. The largest absolute Gasteiger partial charge is 0.481 e.